The van der Waals surface area contributed by atoms with Crippen molar-refractivity contribution in [3.8, 4) is 16.3 Å². The number of phenolic OH excluding ortho intramolecular Hbond substituents is 1. The summed E-state index contributed by atoms with van der Waals surface area (Å²) in [6, 6.07) is 23.0. The molecule has 0 radical (unpaired) electrons. The van der Waals surface area contributed by atoms with Crippen LogP contribution in [0.1, 0.15) is 0 Å². The van der Waals surface area contributed by atoms with Crippen molar-refractivity contribution in [2.75, 3.05) is 36.4 Å². The number of piperazine rings is 1. The van der Waals surface area contributed by atoms with Crippen LogP contribution in [0.5, 0.6) is 5.75 Å². The number of nitrogens with zero attached hydrogens (tertiary/aromatic N) is 3. The van der Waals surface area contributed by atoms with E-state index in [2.05, 4.69) is 16.3 Å². The van der Waals surface area contributed by atoms with Crippen molar-refractivity contribution in [1.29, 1.82) is 0 Å². The first-order chi connectivity index (χ1) is 15.2. The number of phenols is 1. The number of hydrogen-bond acceptors (Lipinski definition) is 5. The van der Waals surface area contributed by atoms with Gasteiger partial charge in [0, 0.05) is 43.5 Å². The van der Waals surface area contributed by atoms with Gasteiger partial charge in [0.05, 0.1) is 15.9 Å². The lowest BCUT2D eigenvalue weighted by Gasteiger charge is -2.36. The van der Waals surface area contributed by atoms with Gasteiger partial charge in [0.1, 0.15) is 10.8 Å². The van der Waals surface area contributed by atoms with Crippen LogP contribution in [-0.4, -0.2) is 47.2 Å². The van der Waals surface area contributed by atoms with Crippen molar-refractivity contribution in [2.24, 2.45) is 0 Å². The second-order valence-electron chi connectivity index (χ2n) is 7.46. The van der Waals surface area contributed by atoms with E-state index in [1.807, 2.05) is 59.5 Å². The quantitative estimate of drug-likeness (QED) is 0.479. The highest BCUT2D eigenvalue weighted by molar-refractivity contribution is 7.21. The van der Waals surface area contributed by atoms with Gasteiger partial charge >= 0.3 is 6.03 Å². The van der Waals surface area contributed by atoms with Crippen molar-refractivity contribution in [3.63, 3.8) is 0 Å². The molecule has 0 atom stereocenters. The number of aromatic hydroxyl groups is 1. The molecule has 4 aromatic rings. The number of hydrogen-bond donors (Lipinski definition) is 2. The number of nitrogens with one attached hydrogen (secondary N) is 1. The lowest BCUT2D eigenvalue weighted by molar-refractivity contribution is 0.208. The molecule has 156 valence electrons. The Balaban J connectivity index is 1.29. The topological polar surface area (TPSA) is 68.7 Å². The number of aromatic nitrogens is 1. The predicted octanol–water partition coefficient (Wildman–Crippen LogP) is 5.02. The minimum atomic E-state index is -0.107. The molecular weight excluding hydrogens is 408 g/mol. The Labute approximate surface area is 184 Å². The second-order valence-corrected chi connectivity index (χ2v) is 8.49. The number of thiazole rings is 1. The largest absolute Gasteiger partial charge is 0.508 e. The third-order valence-electron chi connectivity index (χ3n) is 5.45. The Morgan fingerprint density at radius 2 is 1.71 bits per heavy atom. The van der Waals surface area contributed by atoms with Crippen LogP contribution in [0.2, 0.25) is 0 Å². The molecule has 1 saturated heterocycles. The molecule has 2 heterocycles. The van der Waals surface area contributed by atoms with Crippen LogP contribution in [0.15, 0.2) is 72.8 Å². The zero-order valence-electron chi connectivity index (χ0n) is 16.9. The number of carbonyl (C=O) groups excluding carboxylic acids is 1. The molecular formula is C24H22N4O2S. The molecule has 0 saturated carbocycles. The smallest absolute Gasteiger partial charge is 0.321 e. The van der Waals surface area contributed by atoms with Gasteiger partial charge in [-0.3, -0.25) is 0 Å². The van der Waals surface area contributed by atoms with Crippen LogP contribution >= 0.6 is 11.3 Å². The minimum Gasteiger partial charge on any atom is -0.508 e. The maximum absolute atomic E-state index is 13.0. The summed E-state index contributed by atoms with van der Waals surface area (Å²) in [6.45, 7) is 2.67. The van der Waals surface area contributed by atoms with Gasteiger partial charge in [0.2, 0.25) is 0 Å². The summed E-state index contributed by atoms with van der Waals surface area (Å²) in [7, 11) is 0. The lowest BCUT2D eigenvalue weighted by atomic mass is 10.2. The SMILES string of the molecule is O=C(Nc1ccccc1-c1nc2ccccc2s1)N1CCN(c2cccc(O)c2)CC1. The van der Waals surface area contributed by atoms with E-state index in [9.17, 15) is 9.90 Å². The van der Waals surface area contributed by atoms with E-state index >= 15 is 0 Å². The Bertz CT molecular complexity index is 1200. The molecule has 3 aromatic carbocycles. The molecule has 0 aliphatic carbocycles. The molecule has 6 nitrogen and oxygen atoms in total. The fourth-order valence-corrected chi connectivity index (χ4v) is 4.82. The maximum atomic E-state index is 13.0. The van der Waals surface area contributed by atoms with Crippen LogP contribution in [0, 0.1) is 0 Å². The Morgan fingerprint density at radius 1 is 0.935 bits per heavy atom. The standard InChI is InChI=1S/C24H22N4O2S/c29-18-7-5-6-17(16-18)27-12-14-28(15-13-27)24(30)26-20-9-2-1-8-19(20)23-25-21-10-3-4-11-22(21)31-23/h1-11,16,29H,12-15H2,(H,26,30). The number of rotatable bonds is 3. The van der Waals surface area contributed by atoms with E-state index < -0.39 is 0 Å². The van der Waals surface area contributed by atoms with E-state index in [-0.39, 0.29) is 11.8 Å². The fraction of sp³-hybridized carbons (Fsp3) is 0.167. The first kappa shape index (κ1) is 19.4. The number of para-hydroxylation sites is 2. The number of fused-ring (bicyclic) bond motifs is 1. The summed E-state index contributed by atoms with van der Waals surface area (Å²) in [6.07, 6.45) is 0. The lowest BCUT2D eigenvalue weighted by Crippen LogP contribution is -2.50. The van der Waals surface area contributed by atoms with E-state index in [1.54, 1.807) is 23.5 Å². The number of carbonyl (C=O) groups is 1. The van der Waals surface area contributed by atoms with Crippen LogP contribution in [0.3, 0.4) is 0 Å². The number of urea groups is 1. The highest BCUT2D eigenvalue weighted by Crippen LogP contribution is 2.34. The zero-order valence-corrected chi connectivity index (χ0v) is 17.7. The normalized spacial score (nSPS) is 14.1. The van der Waals surface area contributed by atoms with E-state index in [0.717, 1.165) is 45.3 Å². The minimum absolute atomic E-state index is 0.107. The fourth-order valence-electron chi connectivity index (χ4n) is 3.82. The molecule has 2 N–H and O–H groups in total. The molecule has 1 aliphatic heterocycles. The Morgan fingerprint density at radius 3 is 2.52 bits per heavy atom. The number of benzene rings is 3. The number of anilines is 2. The van der Waals surface area contributed by atoms with Gasteiger partial charge in [-0.1, -0.05) is 30.3 Å². The maximum Gasteiger partial charge on any atom is 0.321 e. The average molecular weight is 431 g/mol. The number of amides is 2. The first-order valence-electron chi connectivity index (χ1n) is 10.2. The van der Waals surface area contributed by atoms with Crippen molar-refractivity contribution >= 4 is 39.0 Å². The average Bonchev–Trinajstić information content (AvgIpc) is 3.24. The van der Waals surface area contributed by atoms with Gasteiger partial charge < -0.3 is 20.2 Å². The molecule has 1 aliphatic rings. The summed E-state index contributed by atoms with van der Waals surface area (Å²) >= 11 is 1.62. The highest BCUT2D eigenvalue weighted by Gasteiger charge is 2.22. The molecule has 0 unspecified atom stereocenters. The second kappa shape index (κ2) is 8.28. The summed E-state index contributed by atoms with van der Waals surface area (Å²) in [5.74, 6) is 0.254. The molecule has 1 fully saturated rings. The van der Waals surface area contributed by atoms with Crippen LogP contribution < -0.4 is 10.2 Å². The van der Waals surface area contributed by atoms with Gasteiger partial charge in [0.15, 0.2) is 0 Å². The van der Waals surface area contributed by atoms with Crippen LogP contribution in [-0.2, 0) is 0 Å². The first-order valence-corrected chi connectivity index (χ1v) is 11.0. The molecule has 0 bridgehead atoms. The van der Waals surface area contributed by atoms with Gasteiger partial charge in [-0.25, -0.2) is 9.78 Å². The van der Waals surface area contributed by atoms with Crippen molar-refractivity contribution in [3.05, 3.63) is 72.8 Å². The molecule has 1 aromatic heterocycles. The van der Waals surface area contributed by atoms with Crippen molar-refractivity contribution in [1.82, 2.24) is 9.88 Å². The van der Waals surface area contributed by atoms with Gasteiger partial charge in [-0.15, -0.1) is 11.3 Å². The summed E-state index contributed by atoms with van der Waals surface area (Å²) in [5, 5.41) is 13.7. The molecule has 31 heavy (non-hydrogen) atoms. The van der Waals surface area contributed by atoms with Gasteiger partial charge in [0.25, 0.3) is 0 Å². The third kappa shape index (κ3) is 4.04. The summed E-state index contributed by atoms with van der Waals surface area (Å²) < 4.78 is 1.13. The third-order valence-corrected chi connectivity index (χ3v) is 6.52. The van der Waals surface area contributed by atoms with E-state index in [4.69, 9.17) is 4.98 Å². The molecule has 0 spiro atoms. The molecule has 5 rings (SSSR count). The van der Waals surface area contributed by atoms with Gasteiger partial charge in [-0.05, 0) is 36.4 Å². The van der Waals surface area contributed by atoms with Crippen LogP contribution in [0.25, 0.3) is 20.8 Å². The summed E-state index contributed by atoms with van der Waals surface area (Å²) in [4.78, 5) is 21.7. The van der Waals surface area contributed by atoms with Crippen molar-refractivity contribution < 1.29 is 9.90 Å². The van der Waals surface area contributed by atoms with Crippen molar-refractivity contribution in [2.45, 2.75) is 0 Å². The van der Waals surface area contributed by atoms with Gasteiger partial charge in [-0.2, -0.15) is 0 Å². The zero-order chi connectivity index (χ0) is 21.2. The van der Waals surface area contributed by atoms with Crippen LogP contribution in [0.4, 0.5) is 16.2 Å². The summed E-state index contributed by atoms with van der Waals surface area (Å²) in [5.41, 5.74) is 3.63. The Hall–Kier alpha value is -3.58. The monoisotopic (exact) mass is 430 g/mol. The van der Waals surface area contributed by atoms with E-state index in [1.165, 1.54) is 0 Å². The molecule has 7 heteroatoms. The predicted molar refractivity (Wildman–Crippen MR) is 126 cm³/mol. The highest BCUT2D eigenvalue weighted by atomic mass is 32.1. The molecule has 2 amide bonds. The Kier molecular flexibility index (Phi) is 5.18. The van der Waals surface area contributed by atoms with E-state index in [0.29, 0.717) is 13.1 Å².